The molecule has 166 valence electrons. The molecule has 0 bridgehead atoms. The molecule has 3 aromatic rings. The van der Waals surface area contributed by atoms with Gasteiger partial charge in [-0.3, -0.25) is 9.36 Å². The number of anilines is 1. The van der Waals surface area contributed by atoms with Gasteiger partial charge in [-0.2, -0.15) is 0 Å². The van der Waals surface area contributed by atoms with Gasteiger partial charge in [-0.25, -0.2) is 4.79 Å². The molecule has 0 unspecified atom stereocenters. The Balaban J connectivity index is 1.61. The molecule has 32 heavy (non-hydrogen) atoms. The molecule has 9 nitrogen and oxygen atoms in total. The van der Waals surface area contributed by atoms with Gasteiger partial charge in [0.15, 0.2) is 22.5 Å². The van der Waals surface area contributed by atoms with Crippen molar-refractivity contribution < 1.29 is 24.2 Å². The third kappa shape index (κ3) is 5.88. The zero-order chi connectivity index (χ0) is 22.9. The Hall–Kier alpha value is -3.79. The van der Waals surface area contributed by atoms with Crippen LogP contribution in [-0.4, -0.2) is 44.6 Å². The predicted octanol–water partition coefficient (Wildman–Crippen LogP) is 3.48. The summed E-state index contributed by atoms with van der Waals surface area (Å²) < 4.78 is 12.9. The number of para-hydroxylation sites is 2. The molecule has 0 spiro atoms. The molecule has 0 radical (unpaired) electrons. The monoisotopic (exact) mass is 454 g/mol. The van der Waals surface area contributed by atoms with Gasteiger partial charge in [0, 0.05) is 12.2 Å². The van der Waals surface area contributed by atoms with Gasteiger partial charge in [0.25, 0.3) is 0 Å². The molecule has 3 rings (SSSR count). The summed E-state index contributed by atoms with van der Waals surface area (Å²) in [6.45, 7) is 4.39. The highest BCUT2D eigenvalue weighted by molar-refractivity contribution is 7.99. The molecule has 0 aliphatic rings. The Morgan fingerprint density at radius 2 is 1.88 bits per heavy atom. The van der Waals surface area contributed by atoms with Crippen LogP contribution >= 0.6 is 11.8 Å². The predicted molar refractivity (Wildman–Crippen MR) is 120 cm³/mol. The van der Waals surface area contributed by atoms with Crippen molar-refractivity contribution in [1.29, 1.82) is 0 Å². The van der Waals surface area contributed by atoms with Crippen LogP contribution in [0.5, 0.6) is 11.5 Å². The normalized spacial score (nSPS) is 10.4. The minimum Gasteiger partial charge on any atom is -0.493 e. The average Bonchev–Trinajstić information content (AvgIpc) is 3.18. The van der Waals surface area contributed by atoms with Gasteiger partial charge >= 0.3 is 5.97 Å². The highest BCUT2D eigenvalue weighted by Gasteiger charge is 2.15. The van der Waals surface area contributed by atoms with Gasteiger partial charge in [0.05, 0.1) is 18.4 Å². The van der Waals surface area contributed by atoms with E-state index in [2.05, 4.69) is 22.1 Å². The number of carboxylic acids is 1. The third-order valence-electron chi connectivity index (χ3n) is 4.28. The van der Waals surface area contributed by atoms with E-state index in [-0.39, 0.29) is 23.8 Å². The summed E-state index contributed by atoms with van der Waals surface area (Å²) in [5.74, 6) is 0.616. The molecule has 1 heterocycles. The number of nitrogens with one attached hydrogen (secondary N) is 1. The van der Waals surface area contributed by atoms with Crippen molar-refractivity contribution in [2.75, 3.05) is 18.2 Å². The van der Waals surface area contributed by atoms with Crippen LogP contribution in [0.3, 0.4) is 0 Å². The summed E-state index contributed by atoms with van der Waals surface area (Å²) in [6.07, 6.45) is 1.71. The molecule has 0 aliphatic heterocycles. The minimum absolute atomic E-state index is 0.101. The molecular formula is C22H22N4O5S. The summed E-state index contributed by atoms with van der Waals surface area (Å²) in [4.78, 5) is 23.2. The highest BCUT2D eigenvalue weighted by atomic mass is 32.2. The SMILES string of the molecule is C=CCn1c(COc2ccccc2OC)nnc1SCC(=O)Nc1ccc(C(=O)O)cc1. The van der Waals surface area contributed by atoms with Gasteiger partial charge in [0.1, 0.15) is 6.61 Å². The lowest BCUT2D eigenvalue weighted by Gasteiger charge is -2.11. The van der Waals surface area contributed by atoms with Crippen LogP contribution < -0.4 is 14.8 Å². The topological polar surface area (TPSA) is 116 Å². The fourth-order valence-electron chi connectivity index (χ4n) is 2.75. The maximum absolute atomic E-state index is 12.3. The Morgan fingerprint density at radius 1 is 1.16 bits per heavy atom. The first-order valence-electron chi connectivity index (χ1n) is 9.56. The van der Waals surface area contributed by atoms with E-state index in [0.29, 0.717) is 34.7 Å². The fourth-order valence-corrected chi connectivity index (χ4v) is 3.52. The number of methoxy groups -OCH3 is 1. The smallest absolute Gasteiger partial charge is 0.335 e. The van der Waals surface area contributed by atoms with Crippen LogP contribution in [0, 0.1) is 0 Å². The van der Waals surface area contributed by atoms with Gasteiger partial charge in [-0.1, -0.05) is 30.0 Å². The molecular weight excluding hydrogens is 432 g/mol. The lowest BCUT2D eigenvalue weighted by molar-refractivity contribution is -0.113. The second-order valence-corrected chi connectivity index (χ2v) is 7.40. The van der Waals surface area contributed by atoms with Crippen molar-refractivity contribution in [3.63, 3.8) is 0 Å². The zero-order valence-corrected chi connectivity index (χ0v) is 18.2. The molecule has 1 aromatic heterocycles. The maximum Gasteiger partial charge on any atom is 0.335 e. The van der Waals surface area contributed by atoms with Crippen molar-refractivity contribution >= 4 is 29.3 Å². The van der Waals surface area contributed by atoms with Gasteiger partial charge in [0.2, 0.25) is 5.91 Å². The van der Waals surface area contributed by atoms with Crippen molar-refractivity contribution in [2.45, 2.75) is 18.3 Å². The molecule has 10 heteroatoms. The summed E-state index contributed by atoms with van der Waals surface area (Å²) in [7, 11) is 1.57. The second kappa shape index (κ2) is 11.0. The number of aromatic nitrogens is 3. The zero-order valence-electron chi connectivity index (χ0n) is 17.4. The first kappa shape index (κ1) is 22.9. The van der Waals surface area contributed by atoms with E-state index >= 15 is 0 Å². The quantitative estimate of drug-likeness (QED) is 0.334. The molecule has 2 aromatic carbocycles. The average molecular weight is 455 g/mol. The number of hydrogen-bond donors (Lipinski definition) is 2. The highest BCUT2D eigenvalue weighted by Crippen LogP contribution is 2.27. The number of carboxylic acid groups (broad SMARTS) is 1. The van der Waals surface area contributed by atoms with Crippen molar-refractivity contribution in [3.05, 3.63) is 72.6 Å². The van der Waals surface area contributed by atoms with Crippen LogP contribution in [0.4, 0.5) is 5.69 Å². The number of ether oxygens (including phenoxy) is 2. The van der Waals surface area contributed by atoms with E-state index in [1.807, 2.05) is 16.7 Å². The number of hydrogen-bond acceptors (Lipinski definition) is 7. The number of carbonyl (C=O) groups excluding carboxylic acids is 1. The van der Waals surface area contributed by atoms with E-state index < -0.39 is 5.97 Å². The Morgan fingerprint density at radius 3 is 2.53 bits per heavy atom. The summed E-state index contributed by atoms with van der Waals surface area (Å²) >= 11 is 1.23. The van der Waals surface area contributed by atoms with Crippen LogP contribution in [0.25, 0.3) is 0 Å². The van der Waals surface area contributed by atoms with Crippen molar-refractivity contribution in [3.8, 4) is 11.5 Å². The number of benzene rings is 2. The first-order chi connectivity index (χ1) is 15.5. The van der Waals surface area contributed by atoms with E-state index in [9.17, 15) is 9.59 Å². The number of carbonyl (C=O) groups is 2. The second-order valence-electron chi connectivity index (χ2n) is 6.46. The first-order valence-corrected chi connectivity index (χ1v) is 10.5. The number of rotatable bonds is 11. The molecule has 0 aliphatic carbocycles. The molecule has 0 atom stereocenters. The Labute approximate surface area is 189 Å². The lowest BCUT2D eigenvalue weighted by Crippen LogP contribution is -2.15. The molecule has 0 fully saturated rings. The van der Waals surface area contributed by atoms with Gasteiger partial charge in [-0.05, 0) is 36.4 Å². The number of aromatic carboxylic acids is 1. The van der Waals surface area contributed by atoms with Crippen molar-refractivity contribution in [2.24, 2.45) is 0 Å². The summed E-state index contributed by atoms with van der Waals surface area (Å²) in [5.41, 5.74) is 0.664. The number of allylic oxidation sites excluding steroid dienone is 1. The molecule has 2 N–H and O–H groups in total. The largest absolute Gasteiger partial charge is 0.493 e. The standard InChI is InChI=1S/C22H22N4O5S/c1-3-12-26-19(13-31-18-7-5-4-6-17(18)30-2)24-25-22(26)32-14-20(27)23-16-10-8-15(9-11-16)21(28)29/h3-11H,1,12-14H2,2H3,(H,23,27)(H,28,29). The van der Waals surface area contributed by atoms with Gasteiger partial charge < -0.3 is 19.9 Å². The number of thioether (sulfide) groups is 1. The van der Waals surface area contributed by atoms with Crippen molar-refractivity contribution in [1.82, 2.24) is 14.8 Å². The lowest BCUT2D eigenvalue weighted by atomic mass is 10.2. The van der Waals surface area contributed by atoms with Gasteiger partial charge in [-0.15, -0.1) is 16.8 Å². The molecule has 0 saturated carbocycles. The maximum atomic E-state index is 12.3. The Bertz CT molecular complexity index is 1100. The summed E-state index contributed by atoms with van der Waals surface area (Å²) in [5, 5.41) is 20.6. The third-order valence-corrected chi connectivity index (χ3v) is 5.25. The number of amides is 1. The Kier molecular flexibility index (Phi) is 7.87. The molecule has 1 amide bonds. The number of nitrogens with zero attached hydrogens (tertiary/aromatic N) is 3. The van der Waals surface area contributed by atoms with Crippen LogP contribution in [0.2, 0.25) is 0 Å². The van der Waals surface area contributed by atoms with E-state index in [0.717, 1.165) is 0 Å². The van der Waals surface area contributed by atoms with E-state index in [1.54, 1.807) is 37.5 Å². The minimum atomic E-state index is -1.02. The molecule has 0 saturated heterocycles. The van der Waals surface area contributed by atoms with E-state index in [1.165, 1.54) is 23.9 Å². The summed E-state index contributed by atoms with van der Waals surface area (Å²) in [6, 6.07) is 13.3. The van der Waals surface area contributed by atoms with Crippen LogP contribution in [0.15, 0.2) is 66.3 Å². The fraction of sp³-hybridized carbons (Fsp3) is 0.182. The van der Waals surface area contributed by atoms with Crippen LogP contribution in [-0.2, 0) is 17.9 Å². The van der Waals surface area contributed by atoms with Crippen LogP contribution in [0.1, 0.15) is 16.2 Å². The van der Waals surface area contributed by atoms with E-state index in [4.69, 9.17) is 14.6 Å².